The fraction of sp³-hybridized carbons (Fsp3) is 0.111. The van der Waals surface area contributed by atoms with Crippen molar-refractivity contribution in [3.8, 4) is 0 Å². The van der Waals surface area contributed by atoms with Crippen molar-refractivity contribution in [2.75, 3.05) is 5.73 Å². The van der Waals surface area contributed by atoms with Crippen LogP contribution >= 0.6 is 23.4 Å². The number of nitrogens with two attached hydrogens (primary N) is 1. The first-order chi connectivity index (χ1) is 7.65. The molecule has 0 atom stereocenters. The standard InChI is InChI=1S/C9H8ClN5S/c1-5-8(10)13-4-7(14-5)16-6-2-3-12-9(11)15-6/h2-4H,1H3,(H2,11,12,15). The first kappa shape index (κ1) is 11.1. The SMILES string of the molecule is Cc1nc(Sc2ccnc(N)n2)cnc1Cl. The first-order valence-electron chi connectivity index (χ1n) is 4.40. The van der Waals surface area contributed by atoms with Crippen LogP contribution in [0.4, 0.5) is 5.95 Å². The van der Waals surface area contributed by atoms with Crippen LogP contribution in [0.25, 0.3) is 0 Å². The maximum atomic E-state index is 5.78. The second-order valence-corrected chi connectivity index (χ2v) is 4.34. The van der Waals surface area contributed by atoms with Crippen LogP contribution in [0, 0.1) is 6.92 Å². The molecular weight excluding hydrogens is 246 g/mol. The summed E-state index contributed by atoms with van der Waals surface area (Å²) in [6.45, 7) is 1.80. The molecule has 0 aromatic carbocycles. The minimum absolute atomic E-state index is 0.239. The van der Waals surface area contributed by atoms with Gasteiger partial charge in [-0.2, -0.15) is 0 Å². The summed E-state index contributed by atoms with van der Waals surface area (Å²) in [7, 11) is 0. The van der Waals surface area contributed by atoms with Gasteiger partial charge in [0, 0.05) is 6.20 Å². The third kappa shape index (κ3) is 2.59. The summed E-state index contributed by atoms with van der Waals surface area (Å²) in [6.07, 6.45) is 3.19. The Morgan fingerprint density at radius 1 is 1.25 bits per heavy atom. The molecule has 2 N–H and O–H groups in total. The molecule has 82 valence electrons. The van der Waals surface area contributed by atoms with E-state index in [1.54, 1.807) is 25.4 Å². The van der Waals surface area contributed by atoms with Crippen LogP contribution in [-0.2, 0) is 0 Å². The maximum Gasteiger partial charge on any atom is 0.221 e. The van der Waals surface area contributed by atoms with Crippen LogP contribution in [0.2, 0.25) is 5.15 Å². The smallest absolute Gasteiger partial charge is 0.221 e. The third-order valence-corrected chi connectivity index (χ3v) is 2.94. The van der Waals surface area contributed by atoms with Gasteiger partial charge < -0.3 is 5.73 Å². The molecule has 2 aromatic heterocycles. The number of nitrogens with zero attached hydrogens (tertiary/aromatic N) is 4. The zero-order valence-electron chi connectivity index (χ0n) is 8.38. The van der Waals surface area contributed by atoms with E-state index >= 15 is 0 Å². The van der Waals surface area contributed by atoms with E-state index < -0.39 is 0 Å². The molecule has 0 bridgehead atoms. The van der Waals surface area contributed by atoms with Gasteiger partial charge >= 0.3 is 0 Å². The number of halogens is 1. The summed E-state index contributed by atoms with van der Waals surface area (Å²) >= 11 is 7.14. The maximum absolute atomic E-state index is 5.78. The van der Waals surface area contributed by atoms with E-state index in [0.29, 0.717) is 10.8 Å². The quantitative estimate of drug-likeness (QED) is 0.825. The predicted molar refractivity (Wildman–Crippen MR) is 62.3 cm³/mol. The van der Waals surface area contributed by atoms with Crippen molar-refractivity contribution < 1.29 is 0 Å². The topological polar surface area (TPSA) is 77.6 Å². The molecule has 0 aliphatic carbocycles. The van der Waals surface area contributed by atoms with E-state index in [0.717, 1.165) is 10.1 Å². The molecule has 0 amide bonds. The Morgan fingerprint density at radius 3 is 2.75 bits per heavy atom. The van der Waals surface area contributed by atoms with E-state index in [1.165, 1.54) is 11.8 Å². The van der Waals surface area contributed by atoms with Gasteiger partial charge in [0.2, 0.25) is 5.95 Å². The van der Waals surface area contributed by atoms with E-state index in [-0.39, 0.29) is 5.95 Å². The number of anilines is 1. The Kier molecular flexibility index (Phi) is 3.21. The summed E-state index contributed by atoms with van der Waals surface area (Å²) in [5, 5.41) is 1.86. The van der Waals surface area contributed by atoms with Crippen LogP contribution in [0.15, 0.2) is 28.5 Å². The Hall–Kier alpha value is -1.40. The lowest BCUT2D eigenvalue weighted by atomic mass is 10.5. The van der Waals surface area contributed by atoms with E-state index in [1.807, 2.05) is 0 Å². The average molecular weight is 254 g/mol. The second-order valence-electron chi connectivity index (χ2n) is 2.94. The monoisotopic (exact) mass is 253 g/mol. The van der Waals surface area contributed by atoms with Gasteiger partial charge in [0.15, 0.2) is 0 Å². The van der Waals surface area contributed by atoms with Gasteiger partial charge in [-0.1, -0.05) is 11.6 Å². The molecule has 0 unspecified atom stereocenters. The molecule has 0 saturated heterocycles. The second kappa shape index (κ2) is 4.63. The molecule has 0 spiro atoms. The van der Waals surface area contributed by atoms with Crippen molar-refractivity contribution in [1.29, 1.82) is 0 Å². The predicted octanol–water partition coefficient (Wildman–Crippen LogP) is 1.96. The Labute approximate surface area is 101 Å². The molecule has 0 radical (unpaired) electrons. The van der Waals surface area contributed by atoms with E-state index in [9.17, 15) is 0 Å². The lowest BCUT2D eigenvalue weighted by Gasteiger charge is -2.01. The Bertz CT molecular complexity index is 519. The van der Waals surface area contributed by atoms with Gasteiger partial charge in [0.1, 0.15) is 15.2 Å². The van der Waals surface area contributed by atoms with Crippen LogP contribution in [0.1, 0.15) is 5.69 Å². The number of nitrogen functional groups attached to an aromatic ring is 1. The molecule has 0 saturated carbocycles. The number of rotatable bonds is 2. The molecule has 0 aliphatic rings. The normalized spacial score (nSPS) is 10.4. The van der Waals surface area contributed by atoms with Crippen LogP contribution in [0.3, 0.4) is 0 Å². The van der Waals surface area contributed by atoms with Crippen molar-refractivity contribution in [2.45, 2.75) is 17.0 Å². The number of aromatic nitrogens is 4. The third-order valence-electron chi connectivity index (χ3n) is 1.72. The molecule has 2 rings (SSSR count). The summed E-state index contributed by atoms with van der Waals surface area (Å²) in [5.74, 6) is 0.239. The van der Waals surface area contributed by atoms with Crippen molar-refractivity contribution in [3.63, 3.8) is 0 Å². The molecule has 7 heteroatoms. The van der Waals surface area contributed by atoms with Gasteiger partial charge in [0.25, 0.3) is 0 Å². The van der Waals surface area contributed by atoms with Crippen LogP contribution < -0.4 is 5.73 Å². The van der Waals surface area contributed by atoms with Gasteiger partial charge in [-0.05, 0) is 24.8 Å². The fourth-order valence-electron chi connectivity index (χ4n) is 1.02. The molecule has 0 aliphatic heterocycles. The zero-order valence-corrected chi connectivity index (χ0v) is 9.96. The lowest BCUT2D eigenvalue weighted by Crippen LogP contribution is -1.95. The van der Waals surface area contributed by atoms with Crippen LogP contribution in [-0.4, -0.2) is 19.9 Å². The molecule has 2 heterocycles. The minimum atomic E-state index is 0.239. The highest BCUT2D eigenvalue weighted by molar-refractivity contribution is 7.99. The fourth-order valence-corrected chi connectivity index (χ4v) is 1.88. The lowest BCUT2D eigenvalue weighted by molar-refractivity contribution is 0.989. The Morgan fingerprint density at radius 2 is 2.06 bits per heavy atom. The zero-order chi connectivity index (χ0) is 11.5. The highest BCUT2D eigenvalue weighted by atomic mass is 35.5. The highest BCUT2D eigenvalue weighted by Crippen LogP contribution is 2.24. The van der Waals surface area contributed by atoms with Crippen molar-refractivity contribution >= 4 is 29.3 Å². The van der Waals surface area contributed by atoms with E-state index in [4.69, 9.17) is 17.3 Å². The largest absolute Gasteiger partial charge is 0.368 e. The summed E-state index contributed by atoms with van der Waals surface area (Å²) in [6, 6.07) is 1.76. The molecular formula is C9H8ClN5S. The first-order valence-corrected chi connectivity index (χ1v) is 5.60. The van der Waals surface area contributed by atoms with E-state index in [2.05, 4.69) is 19.9 Å². The summed E-state index contributed by atoms with van der Waals surface area (Å²) < 4.78 is 0. The highest BCUT2D eigenvalue weighted by Gasteiger charge is 2.04. The van der Waals surface area contributed by atoms with Crippen molar-refractivity contribution in [3.05, 3.63) is 29.3 Å². The summed E-state index contributed by atoms with van der Waals surface area (Å²) in [4.78, 5) is 16.1. The molecule has 5 nitrogen and oxygen atoms in total. The average Bonchev–Trinajstić information content (AvgIpc) is 2.24. The number of hydrogen-bond acceptors (Lipinski definition) is 6. The Balaban J connectivity index is 2.24. The van der Waals surface area contributed by atoms with Gasteiger partial charge in [-0.3, -0.25) is 0 Å². The minimum Gasteiger partial charge on any atom is -0.368 e. The van der Waals surface area contributed by atoms with Gasteiger partial charge in [0.05, 0.1) is 11.9 Å². The summed E-state index contributed by atoms with van der Waals surface area (Å²) in [5.41, 5.74) is 6.16. The molecule has 0 fully saturated rings. The van der Waals surface area contributed by atoms with Gasteiger partial charge in [-0.25, -0.2) is 19.9 Å². The van der Waals surface area contributed by atoms with Gasteiger partial charge in [-0.15, -0.1) is 0 Å². The number of aryl methyl sites for hydroxylation is 1. The van der Waals surface area contributed by atoms with Crippen molar-refractivity contribution in [2.24, 2.45) is 0 Å². The molecule has 2 aromatic rings. The molecule has 16 heavy (non-hydrogen) atoms. The van der Waals surface area contributed by atoms with Crippen molar-refractivity contribution in [1.82, 2.24) is 19.9 Å². The van der Waals surface area contributed by atoms with Crippen LogP contribution in [0.5, 0.6) is 0 Å². The number of hydrogen-bond donors (Lipinski definition) is 1.